The highest BCUT2D eigenvalue weighted by atomic mass is 16.5. The molecule has 1 saturated heterocycles. The maximum Gasteiger partial charge on any atom is 0.0695 e. The first-order valence-electron chi connectivity index (χ1n) is 6.24. The second kappa shape index (κ2) is 4.81. The number of morpholine rings is 1. The standard InChI is InChI=1S/C12H23NO2/c1-9-7-13(8-10(2)15-9)11-5-3-4-6-12(11)14/h9-12,14H,3-8H2,1-2H3. The number of aliphatic hydroxyl groups excluding tert-OH is 1. The lowest BCUT2D eigenvalue weighted by Gasteiger charge is -2.43. The first-order chi connectivity index (χ1) is 7.16. The molecule has 2 rings (SSSR count). The van der Waals surface area contributed by atoms with Crippen molar-refractivity contribution in [3.63, 3.8) is 0 Å². The van der Waals surface area contributed by atoms with Crippen LogP contribution in [0, 0.1) is 0 Å². The summed E-state index contributed by atoms with van der Waals surface area (Å²) < 4.78 is 5.72. The Morgan fingerprint density at radius 3 is 2.27 bits per heavy atom. The molecule has 1 aliphatic heterocycles. The second-order valence-electron chi connectivity index (χ2n) is 5.13. The number of ether oxygens (including phenoxy) is 1. The lowest BCUT2D eigenvalue weighted by molar-refractivity contribution is -0.102. The van der Waals surface area contributed by atoms with Gasteiger partial charge < -0.3 is 9.84 Å². The van der Waals surface area contributed by atoms with Crippen molar-refractivity contribution in [2.24, 2.45) is 0 Å². The highest BCUT2D eigenvalue weighted by Crippen LogP contribution is 2.25. The number of aliphatic hydroxyl groups is 1. The Hall–Kier alpha value is -0.120. The second-order valence-corrected chi connectivity index (χ2v) is 5.13. The maximum absolute atomic E-state index is 10.0. The van der Waals surface area contributed by atoms with Crippen LogP contribution in [0.2, 0.25) is 0 Å². The minimum absolute atomic E-state index is 0.115. The molecule has 1 saturated carbocycles. The van der Waals surface area contributed by atoms with Crippen LogP contribution in [0.4, 0.5) is 0 Å². The van der Waals surface area contributed by atoms with Gasteiger partial charge in [-0.1, -0.05) is 12.8 Å². The summed E-state index contributed by atoms with van der Waals surface area (Å²) in [6.45, 7) is 6.20. The zero-order valence-electron chi connectivity index (χ0n) is 9.85. The average molecular weight is 213 g/mol. The van der Waals surface area contributed by atoms with Gasteiger partial charge in [0.05, 0.1) is 18.3 Å². The van der Waals surface area contributed by atoms with E-state index in [9.17, 15) is 5.11 Å². The third-order valence-corrected chi connectivity index (χ3v) is 3.61. The summed E-state index contributed by atoms with van der Waals surface area (Å²) in [7, 11) is 0. The summed E-state index contributed by atoms with van der Waals surface area (Å²) in [6.07, 6.45) is 5.09. The van der Waals surface area contributed by atoms with E-state index < -0.39 is 0 Å². The summed E-state index contributed by atoms with van der Waals surface area (Å²) in [6, 6.07) is 0.382. The summed E-state index contributed by atoms with van der Waals surface area (Å²) >= 11 is 0. The van der Waals surface area contributed by atoms with E-state index in [1.54, 1.807) is 0 Å². The molecule has 0 aromatic rings. The molecule has 1 aliphatic carbocycles. The van der Waals surface area contributed by atoms with Gasteiger partial charge >= 0.3 is 0 Å². The van der Waals surface area contributed by atoms with Gasteiger partial charge in [-0.05, 0) is 26.7 Å². The van der Waals surface area contributed by atoms with Crippen molar-refractivity contribution in [3.8, 4) is 0 Å². The lowest BCUT2D eigenvalue weighted by Crippen LogP contribution is -2.54. The molecule has 88 valence electrons. The van der Waals surface area contributed by atoms with E-state index in [1.807, 2.05) is 0 Å². The van der Waals surface area contributed by atoms with Crippen molar-refractivity contribution in [2.45, 2.75) is 63.9 Å². The van der Waals surface area contributed by atoms with Crippen molar-refractivity contribution in [1.82, 2.24) is 4.90 Å². The Labute approximate surface area is 92.4 Å². The minimum atomic E-state index is -0.115. The molecule has 4 atom stereocenters. The molecular weight excluding hydrogens is 190 g/mol. The molecule has 3 nitrogen and oxygen atoms in total. The molecule has 0 radical (unpaired) electrons. The quantitative estimate of drug-likeness (QED) is 0.714. The number of hydrogen-bond donors (Lipinski definition) is 1. The number of nitrogens with zero attached hydrogens (tertiary/aromatic N) is 1. The SMILES string of the molecule is CC1CN(C2CCCCC2O)CC(C)O1. The fourth-order valence-corrected chi connectivity index (χ4v) is 3.01. The largest absolute Gasteiger partial charge is 0.391 e. The van der Waals surface area contributed by atoms with Crippen LogP contribution in [-0.4, -0.2) is 47.4 Å². The van der Waals surface area contributed by atoms with Crippen molar-refractivity contribution in [2.75, 3.05) is 13.1 Å². The van der Waals surface area contributed by atoms with Gasteiger partial charge in [-0.15, -0.1) is 0 Å². The molecule has 3 heteroatoms. The summed E-state index contributed by atoms with van der Waals surface area (Å²) in [5, 5.41) is 10.0. The molecule has 0 aromatic heterocycles. The van der Waals surface area contributed by atoms with Gasteiger partial charge in [0.2, 0.25) is 0 Å². The van der Waals surface area contributed by atoms with Gasteiger partial charge in [0.1, 0.15) is 0 Å². The molecule has 0 spiro atoms. The van der Waals surface area contributed by atoms with Gasteiger partial charge in [0, 0.05) is 19.1 Å². The summed E-state index contributed by atoms with van der Waals surface area (Å²) in [5.74, 6) is 0. The van der Waals surface area contributed by atoms with E-state index in [0.29, 0.717) is 18.2 Å². The van der Waals surface area contributed by atoms with Gasteiger partial charge in [-0.25, -0.2) is 0 Å². The fraction of sp³-hybridized carbons (Fsp3) is 1.00. The molecule has 0 aromatic carbocycles. The Balaban J connectivity index is 1.95. The average Bonchev–Trinajstić information content (AvgIpc) is 2.16. The molecule has 0 bridgehead atoms. The zero-order valence-corrected chi connectivity index (χ0v) is 9.85. The molecule has 0 amide bonds. The van der Waals surface area contributed by atoms with E-state index in [1.165, 1.54) is 12.8 Å². The van der Waals surface area contributed by atoms with E-state index >= 15 is 0 Å². The summed E-state index contributed by atoms with van der Waals surface area (Å²) in [5.41, 5.74) is 0. The summed E-state index contributed by atoms with van der Waals surface area (Å²) in [4.78, 5) is 2.43. The monoisotopic (exact) mass is 213 g/mol. The first-order valence-corrected chi connectivity index (χ1v) is 6.24. The highest BCUT2D eigenvalue weighted by molar-refractivity contribution is 4.86. The normalized spacial score (nSPS) is 44.2. The molecular formula is C12H23NO2. The predicted octanol–water partition coefficient (Wildman–Crippen LogP) is 1.40. The van der Waals surface area contributed by atoms with E-state index in [2.05, 4.69) is 18.7 Å². The Bertz CT molecular complexity index is 200. The van der Waals surface area contributed by atoms with Gasteiger partial charge in [-0.3, -0.25) is 4.90 Å². The maximum atomic E-state index is 10.0. The molecule has 1 N–H and O–H groups in total. The Kier molecular flexibility index (Phi) is 3.65. The number of rotatable bonds is 1. The molecule has 15 heavy (non-hydrogen) atoms. The van der Waals surface area contributed by atoms with Crippen molar-refractivity contribution in [1.29, 1.82) is 0 Å². The van der Waals surface area contributed by atoms with Gasteiger partial charge in [0.15, 0.2) is 0 Å². The van der Waals surface area contributed by atoms with Crippen LogP contribution in [-0.2, 0) is 4.74 Å². The van der Waals surface area contributed by atoms with Crippen LogP contribution in [0.25, 0.3) is 0 Å². The van der Waals surface area contributed by atoms with E-state index in [0.717, 1.165) is 25.9 Å². The zero-order chi connectivity index (χ0) is 10.8. The van der Waals surface area contributed by atoms with Crippen molar-refractivity contribution in [3.05, 3.63) is 0 Å². The van der Waals surface area contributed by atoms with Crippen LogP contribution in [0.5, 0.6) is 0 Å². The first kappa shape index (κ1) is 11.4. The van der Waals surface area contributed by atoms with Gasteiger partial charge in [-0.2, -0.15) is 0 Å². The smallest absolute Gasteiger partial charge is 0.0695 e. The van der Waals surface area contributed by atoms with Crippen LogP contribution in [0.15, 0.2) is 0 Å². The minimum Gasteiger partial charge on any atom is -0.391 e. The van der Waals surface area contributed by atoms with Crippen LogP contribution < -0.4 is 0 Å². The van der Waals surface area contributed by atoms with Crippen LogP contribution in [0.3, 0.4) is 0 Å². The van der Waals surface area contributed by atoms with Crippen molar-refractivity contribution < 1.29 is 9.84 Å². The lowest BCUT2D eigenvalue weighted by atomic mass is 9.90. The van der Waals surface area contributed by atoms with Crippen LogP contribution in [0.1, 0.15) is 39.5 Å². The molecule has 1 heterocycles. The third-order valence-electron chi connectivity index (χ3n) is 3.61. The Morgan fingerprint density at radius 2 is 1.67 bits per heavy atom. The van der Waals surface area contributed by atoms with E-state index in [-0.39, 0.29) is 6.10 Å². The fourth-order valence-electron chi connectivity index (χ4n) is 3.01. The molecule has 2 aliphatic rings. The van der Waals surface area contributed by atoms with Crippen molar-refractivity contribution >= 4 is 0 Å². The predicted molar refractivity (Wildman–Crippen MR) is 59.8 cm³/mol. The van der Waals surface area contributed by atoms with E-state index in [4.69, 9.17) is 4.74 Å². The topological polar surface area (TPSA) is 32.7 Å². The number of hydrogen-bond acceptors (Lipinski definition) is 3. The van der Waals surface area contributed by atoms with Crippen LogP contribution >= 0.6 is 0 Å². The van der Waals surface area contributed by atoms with Gasteiger partial charge in [0.25, 0.3) is 0 Å². The molecule has 4 unspecified atom stereocenters. The highest BCUT2D eigenvalue weighted by Gasteiger charge is 2.33. The Morgan fingerprint density at radius 1 is 1.07 bits per heavy atom. The third kappa shape index (κ3) is 2.71. The molecule has 2 fully saturated rings.